The van der Waals surface area contributed by atoms with Gasteiger partial charge in [0, 0.05) is 0 Å². The molecular formula is C10H14BClO3. The summed E-state index contributed by atoms with van der Waals surface area (Å²) in [5, 5.41) is 18.2. The zero-order chi connectivity index (χ0) is 11.3. The summed E-state index contributed by atoms with van der Waals surface area (Å²) in [6, 6.07) is 4.72. The van der Waals surface area contributed by atoms with Crippen molar-refractivity contribution in [3.05, 3.63) is 23.2 Å². The third-order valence-electron chi connectivity index (χ3n) is 2.01. The van der Waals surface area contributed by atoms with Crippen LogP contribution in [0.5, 0.6) is 5.75 Å². The number of halogens is 1. The van der Waals surface area contributed by atoms with E-state index < -0.39 is 7.12 Å². The number of rotatable bonds is 5. The summed E-state index contributed by atoms with van der Waals surface area (Å²) in [5.41, 5.74) is 0.364. The van der Waals surface area contributed by atoms with Gasteiger partial charge in [-0.2, -0.15) is 0 Å². The van der Waals surface area contributed by atoms with E-state index in [9.17, 15) is 0 Å². The van der Waals surface area contributed by atoms with Crippen molar-refractivity contribution in [2.45, 2.75) is 19.8 Å². The molecule has 0 radical (unpaired) electrons. The molecule has 0 atom stereocenters. The lowest BCUT2D eigenvalue weighted by Crippen LogP contribution is -2.29. The average Bonchev–Trinajstić information content (AvgIpc) is 2.20. The minimum Gasteiger partial charge on any atom is -0.492 e. The average molecular weight is 228 g/mol. The molecule has 0 aliphatic carbocycles. The predicted molar refractivity (Wildman–Crippen MR) is 61.7 cm³/mol. The molecule has 3 nitrogen and oxygen atoms in total. The van der Waals surface area contributed by atoms with Gasteiger partial charge in [0.25, 0.3) is 0 Å². The Morgan fingerprint density at radius 2 is 2.13 bits per heavy atom. The lowest BCUT2D eigenvalue weighted by molar-refractivity contribution is 0.309. The smallest absolute Gasteiger partial charge is 0.488 e. The van der Waals surface area contributed by atoms with Gasteiger partial charge in [0.05, 0.1) is 11.6 Å². The van der Waals surface area contributed by atoms with Gasteiger partial charge in [-0.25, -0.2) is 0 Å². The van der Waals surface area contributed by atoms with Crippen LogP contribution in [-0.4, -0.2) is 23.8 Å². The molecule has 0 bridgehead atoms. The van der Waals surface area contributed by atoms with Crippen LogP contribution < -0.4 is 10.2 Å². The molecule has 0 saturated heterocycles. The second kappa shape index (κ2) is 6.00. The van der Waals surface area contributed by atoms with Gasteiger partial charge in [-0.3, -0.25) is 0 Å². The molecule has 0 saturated carbocycles. The molecule has 82 valence electrons. The van der Waals surface area contributed by atoms with E-state index in [4.69, 9.17) is 26.4 Å². The highest BCUT2D eigenvalue weighted by Crippen LogP contribution is 2.22. The van der Waals surface area contributed by atoms with E-state index in [-0.39, 0.29) is 0 Å². The van der Waals surface area contributed by atoms with Gasteiger partial charge in [-0.15, -0.1) is 0 Å². The molecule has 0 aromatic heterocycles. The number of unbranched alkanes of at least 4 members (excludes halogenated alkanes) is 1. The van der Waals surface area contributed by atoms with E-state index in [2.05, 4.69) is 6.92 Å². The summed E-state index contributed by atoms with van der Waals surface area (Å²) < 4.78 is 5.42. The second-order valence-corrected chi connectivity index (χ2v) is 3.67. The predicted octanol–water partition coefficient (Wildman–Crippen LogP) is 1.20. The Balaban J connectivity index is 2.66. The molecule has 0 aliphatic heterocycles. The van der Waals surface area contributed by atoms with Crippen molar-refractivity contribution in [1.82, 2.24) is 0 Å². The van der Waals surface area contributed by atoms with E-state index >= 15 is 0 Å². The Hall–Kier alpha value is -0.705. The van der Waals surface area contributed by atoms with Gasteiger partial charge in [0.2, 0.25) is 0 Å². The number of benzene rings is 1. The number of hydrogen-bond acceptors (Lipinski definition) is 3. The quantitative estimate of drug-likeness (QED) is 0.588. The Morgan fingerprint density at radius 3 is 2.67 bits per heavy atom. The minimum absolute atomic E-state index is 0.364. The van der Waals surface area contributed by atoms with Gasteiger partial charge in [0.1, 0.15) is 5.75 Å². The largest absolute Gasteiger partial charge is 0.492 e. The van der Waals surface area contributed by atoms with E-state index in [1.54, 1.807) is 12.1 Å². The molecule has 0 unspecified atom stereocenters. The van der Waals surface area contributed by atoms with Crippen LogP contribution in [0.4, 0.5) is 0 Å². The van der Waals surface area contributed by atoms with E-state index in [0.717, 1.165) is 12.8 Å². The first-order chi connectivity index (χ1) is 7.15. The first kappa shape index (κ1) is 12.4. The zero-order valence-corrected chi connectivity index (χ0v) is 9.37. The molecule has 1 aromatic carbocycles. The Morgan fingerprint density at radius 1 is 1.40 bits per heavy atom. The monoisotopic (exact) mass is 228 g/mol. The topological polar surface area (TPSA) is 49.7 Å². The maximum atomic E-state index is 8.91. The first-order valence-corrected chi connectivity index (χ1v) is 5.31. The maximum absolute atomic E-state index is 8.91. The fourth-order valence-corrected chi connectivity index (χ4v) is 1.36. The molecule has 1 aromatic rings. The van der Waals surface area contributed by atoms with Crippen LogP contribution in [0.3, 0.4) is 0 Å². The van der Waals surface area contributed by atoms with Gasteiger partial charge in [-0.1, -0.05) is 31.0 Å². The zero-order valence-electron chi connectivity index (χ0n) is 8.61. The lowest BCUT2D eigenvalue weighted by atomic mass is 9.80. The Labute approximate surface area is 94.8 Å². The van der Waals surface area contributed by atoms with Gasteiger partial charge in [0.15, 0.2) is 0 Å². The molecule has 0 amide bonds. The third-order valence-corrected chi connectivity index (χ3v) is 2.30. The number of ether oxygens (including phenoxy) is 1. The Kier molecular flexibility index (Phi) is 4.95. The van der Waals surface area contributed by atoms with Crippen molar-refractivity contribution >= 4 is 24.2 Å². The minimum atomic E-state index is -1.49. The highest BCUT2D eigenvalue weighted by molar-refractivity contribution is 6.59. The second-order valence-electron chi connectivity index (χ2n) is 3.27. The highest BCUT2D eigenvalue weighted by atomic mass is 35.5. The van der Waals surface area contributed by atoms with Crippen molar-refractivity contribution in [2.75, 3.05) is 6.61 Å². The van der Waals surface area contributed by atoms with E-state index in [1.807, 2.05) is 0 Å². The van der Waals surface area contributed by atoms with Crippen LogP contribution in [0.25, 0.3) is 0 Å². The summed E-state index contributed by atoms with van der Waals surface area (Å²) in [6.45, 7) is 2.70. The molecular weight excluding hydrogens is 214 g/mol. The van der Waals surface area contributed by atoms with E-state index in [1.165, 1.54) is 6.07 Å². The highest BCUT2D eigenvalue weighted by Gasteiger charge is 2.12. The molecule has 2 N–H and O–H groups in total. The van der Waals surface area contributed by atoms with Crippen LogP contribution >= 0.6 is 11.6 Å². The van der Waals surface area contributed by atoms with Crippen molar-refractivity contribution in [2.24, 2.45) is 0 Å². The fourth-order valence-electron chi connectivity index (χ4n) is 1.12. The van der Waals surface area contributed by atoms with Crippen molar-refractivity contribution in [1.29, 1.82) is 0 Å². The van der Waals surface area contributed by atoms with Gasteiger partial charge in [-0.05, 0) is 24.0 Å². The van der Waals surface area contributed by atoms with Crippen LogP contribution in [0.2, 0.25) is 5.02 Å². The van der Waals surface area contributed by atoms with Crippen LogP contribution in [0.15, 0.2) is 18.2 Å². The lowest BCUT2D eigenvalue weighted by Gasteiger charge is -2.08. The van der Waals surface area contributed by atoms with Crippen molar-refractivity contribution < 1.29 is 14.8 Å². The van der Waals surface area contributed by atoms with Gasteiger partial charge < -0.3 is 14.8 Å². The molecule has 0 fully saturated rings. The Bertz CT molecular complexity index is 318. The molecule has 0 heterocycles. The molecule has 1 rings (SSSR count). The SMILES string of the molecule is CCCCOc1ccc(B(O)O)cc1Cl. The summed E-state index contributed by atoms with van der Waals surface area (Å²) in [6.07, 6.45) is 2.03. The summed E-state index contributed by atoms with van der Waals surface area (Å²) >= 11 is 5.91. The third kappa shape index (κ3) is 3.74. The van der Waals surface area contributed by atoms with Crippen molar-refractivity contribution in [3.8, 4) is 5.75 Å². The molecule has 15 heavy (non-hydrogen) atoms. The molecule has 5 heteroatoms. The number of hydrogen-bond donors (Lipinski definition) is 2. The standard InChI is InChI=1S/C10H14BClO3/c1-2-3-6-15-10-5-4-8(11(13)14)7-9(10)12/h4-5,7,13-14H,2-3,6H2,1H3. The summed E-state index contributed by atoms with van der Waals surface area (Å²) in [5.74, 6) is 0.578. The molecule has 0 spiro atoms. The fraction of sp³-hybridized carbons (Fsp3) is 0.400. The summed E-state index contributed by atoms with van der Waals surface area (Å²) in [4.78, 5) is 0. The van der Waals surface area contributed by atoms with E-state index in [0.29, 0.717) is 22.8 Å². The molecule has 0 aliphatic rings. The van der Waals surface area contributed by atoms with Crippen LogP contribution in [0, 0.1) is 0 Å². The maximum Gasteiger partial charge on any atom is 0.488 e. The van der Waals surface area contributed by atoms with Crippen molar-refractivity contribution in [3.63, 3.8) is 0 Å². The van der Waals surface area contributed by atoms with Crippen LogP contribution in [0.1, 0.15) is 19.8 Å². The van der Waals surface area contributed by atoms with Gasteiger partial charge >= 0.3 is 7.12 Å². The normalized spacial score (nSPS) is 10.1. The van der Waals surface area contributed by atoms with Crippen LogP contribution in [-0.2, 0) is 0 Å². The first-order valence-electron chi connectivity index (χ1n) is 4.93. The summed E-state index contributed by atoms with van der Waals surface area (Å²) in [7, 11) is -1.49.